The van der Waals surface area contributed by atoms with E-state index in [1.54, 1.807) is 48.5 Å². The number of nitrogens with one attached hydrogen (secondary N) is 1. The zero-order valence-electron chi connectivity index (χ0n) is 14.5. The first-order valence-corrected chi connectivity index (χ1v) is 7.88. The topological polar surface area (TPSA) is 81.7 Å². The van der Waals surface area contributed by atoms with E-state index in [9.17, 15) is 14.4 Å². The molecule has 0 aromatic heterocycles. The van der Waals surface area contributed by atoms with Gasteiger partial charge in [0.2, 0.25) is 5.91 Å². The molecule has 134 valence electrons. The van der Waals surface area contributed by atoms with E-state index in [0.29, 0.717) is 16.9 Å². The standard InChI is InChI=1S/C20H19NO5/c1-14(22)21-18(11-15-7-4-3-5-8-15)20(24)26-13-19(23)16-9-6-10-17(12-16)25-2/h3-12H,13H2,1-2H3,(H,21,22)/b18-11-. The van der Waals surface area contributed by atoms with Gasteiger partial charge in [-0.1, -0.05) is 42.5 Å². The molecule has 0 saturated heterocycles. The van der Waals surface area contributed by atoms with Crippen molar-refractivity contribution in [3.05, 3.63) is 71.4 Å². The van der Waals surface area contributed by atoms with Crippen molar-refractivity contribution in [2.24, 2.45) is 0 Å². The normalized spacial score (nSPS) is 10.8. The maximum absolute atomic E-state index is 12.3. The fraction of sp³-hybridized carbons (Fsp3) is 0.150. The summed E-state index contributed by atoms with van der Waals surface area (Å²) in [5, 5.41) is 2.43. The predicted octanol–water partition coefficient (Wildman–Crippen LogP) is 2.60. The molecule has 1 amide bonds. The van der Waals surface area contributed by atoms with Crippen molar-refractivity contribution in [3.8, 4) is 5.75 Å². The highest BCUT2D eigenvalue weighted by Crippen LogP contribution is 2.13. The van der Waals surface area contributed by atoms with Crippen LogP contribution in [-0.4, -0.2) is 31.4 Å². The number of carbonyl (C=O) groups excluding carboxylic acids is 3. The van der Waals surface area contributed by atoms with E-state index >= 15 is 0 Å². The second-order valence-electron chi connectivity index (χ2n) is 5.38. The smallest absolute Gasteiger partial charge is 0.355 e. The summed E-state index contributed by atoms with van der Waals surface area (Å²) in [6.45, 7) is 0.839. The van der Waals surface area contributed by atoms with Gasteiger partial charge in [-0.05, 0) is 23.8 Å². The van der Waals surface area contributed by atoms with Crippen molar-refractivity contribution in [3.63, 3.8) is 0 Å². The molecule has 2 aromatic carbocycles. The second-order valence-corrected chi connectivity index (χ2v) is 5.38. The Bertz CT molecular complexity index is 827. The van der Waals surface area contributed by atoms with Crippen molar-refractivity contribution >= 4 is 23.7 Å². The monoisotopic (exact) mass is 353 g/mol. The third-order valence-corrected chi connectivity index (χ3v) is 3.37. The molecule has 2 aromatic rings. The number of benzene rings is 2. The van der Waals surface area contributed by atoms with Gasteiger partial charge in [0.1, 0.15) is 11.4 Å². The fourth-order valence-electron chi connectivity index (χ4n) is 2.14. The first-order chi connectivity index (χ1) is 12.5. The zero-order valence-corrected chi connectivity index (χ0v) is 14.5. The third-order valence-electron chi connectivity index (χ3n) is 3.37. The quantitative estimate of drug-likeness (QED) is 0.470. The van der Waals surface area contributed by atoms with E-state index in [-0.39, 0.29) is 11.5 Å². The van der Waals surface area contributed by atoms with Crippen LogP contribution in [0.15, 0.2) is 60.3 Å². The van der Waals surface area contributed by atoms with Crippen molar-refractivity contribution in [2.45, 2.75) is 6.92 Å². The number of carbonyl (C=O) groups is 3. The lowest BCUT2D eigenvalue weighted by atomic mass is 10.1. The Morgan fingerprint density at radius 2 is 1.77 bits per heavy atom. The van der Waals surface area contributed by atoms with Crippen LogP contribution in [0.3, 0.4) is 0 Å². The molecule has 26 heavy (non-hydrogen) atoms. The lowest BCUT2D eigenvalue weighted by Crippen LogP contribution is -2.27. The van der Waals surface area contributed by atoms with Gasteiger partial charge in [0.25, 0.3) is 0 Å². The molecule has 6 heteroatoms. The van der Waals surface area contributed by atoms with Gasteiger partial charge in [-0.15, -0.1) is 0 Å². The molecular formula is C20H19NO5. The molecule has 0 aliphatic carbocycles. The molecule has 1 N–H and O–H groups in total. The fourth-order valence-corrected chi connectivity index (χ4v) is 2.14. The van der Waals surface area contributed by atoms with E-state index < -0.39 is 18.5 Å². The Kier molecular flexibility index (Phi) is 6.68. The summed E-state index contributed by atoms with van der Waals surface area (Å²) in [6.07, 6.45) is 1.49. The van der Waals surface area contributed by atoms with Gasteiger partial charge in [0.15, 0.2) is 12.4 Å². The van der Waals surface area contributed by atoms with Crippen LogP contribution in [0.25, 0.3) is 6.08 Å². The molecule has 0 saturated carbocycles. The molecular weight excluding hydrogens is 334 g/mol. The predicted molar refractivity (Wildman–Crippen MR) is 96.5 cm³/mol. The van der Waals surface area contributed by atoms with Gasteiger partial charge in [0, 0.05) is 12.5 Å². The molecule has 0 fully saturated rings. The Hall–Kier alpha value is -3.41. The average Bonchev–Trinajstić information content (AvgIpc) is 2.65. The lowest BCUT2D eigenvalue weighted by Gasteiger charge is -2.09. The summed E-state index contributed by atoms with van der Waals surface area (Å²) in [5.41, 5.74) is 1.04. The molecule has 6 nitrogen and oxygen atoms in total. The molecule has 0 spiro atoms. The number of esters is 1. The van der Waals surface area contributed by atoms with Gasteiger partial charge in [0.05, 0.1) is 7.11 Å². The number of ether oxygens (including phenoxy) is 2. The highest BCUT2D eigenvalue weighted by atomic mass is 16.5. The minimum atomic E-state index is -0.791. The van der Waals surface area contributed by atoms with Crippen molar-refractivity contribution in [2.75, 3.05) is 13.7 Å². The molecule has 0 atom stereocenters. The Balaban J connectivity index is 2.08. The first kappa shape index (κ1) is 18.9. The van der Waals surface area contributed by atoms with Crippen LogP contribution in [0.2, 0.25) is 0 Å². The summed E-state index contributed by atoms with van der Waals surface area (Å²) >= 11 is 0. The van der Waals surface area contributed by atoms with E-state index in [1.807, 2.05) is 6.07 Å². The van der Waals surface area contributed by atoms with Gasteiger partial charge in [-0.2, -0.15) is 0 Å². The van der Waals surface area contributed by atoms with Crippen LogP contribution in [0.4, 0.5) is 0 Å². The first-order valence-electron chi connectivity index (χ1n) is 7.88. The average molecular weight is 353 g/mol. The van der Waals surface area contributed by atoms with Crippen molar-refractivity contribution < 1.29 is 23.9 Å². The third kappa shape index (κ3) is 5.59. The number of Topliss-reactive ketones (excluding diaryl/α,β-unsaturated/α-hetero) is 1. The molecule has 0 heterocycles. The maximum atomic E-state index is 12.3. The molecule has 0 bridgehead atoms. The molecule has 0 unspecified atom stereocenters. The second kappa shape index (κ2) is 9.17. The number of methoxy groups -OCH3 is 1. The summed E-state index contributed by atoms with van der Waals surface area (Å²) in [4.78, 5) is 35.8. The summed E-state index contributed by atoms with van der Waals surface area (Å²) < 4.78 is 10.1. The number of hydrogen-bond acceptors (Lipinski definition) is 5. The largest absolute Gasteiger partial charge is 0.497 e. The van der Waals surface area contributed by atoms with Gasteiger partial charge in [-0.3, -0.25) is 9.59 Å². The van der Waals surface area contributed by atoms with Gasteiger partial charge < -0.3 is 14.8 Å². The van der Waals surface area contributed by atoms with E-state index in [2.05, 4.69) is 5.32 Å². The van der Waals surface area contributed by atoms with E-state index in [0.717, 1.165) is 0 Å². The van der Waals surface area contributed by atoms with Crippen molar-refractivity contribution in [1.82, 2.24) is 5.32 Å². The molecule has 0 aliphatic rings. The number of rotatable bonds is 7. The molecule has 2 rings (SSSR count). The van der Waals surface area contributed by atoms with E-state index in [1.165, 1.54) is 20.1 Å². The molecule has 0 aliphatic heterocycles. The van der Waals surface area contributed by atoms with Crippen LogP contribution in [0.1, 0.15) is 22.8 Å². The van der Waals surface area contributed by atoms with Crippen LogP contribution >= 0.6 is 0 Å². The highest BCUT2D eigenvalue weighted by Gasteiger charge is 2.16. The zero-order chi connectivity index (χ0) is 18.9. The Labute approximate surface area is 151 Å². The van der Waals surface area contributed by atoms with Crippen molar-refractivity contribution in [1.29, 1.82) is 0 Å². The highest BCUT2D eigenvalue weighted by molar-refractivity contribution is 6.01. The minimum absolute atomic E-state index is 0.0397. The van der Waals surface area contributed by atoms with Crippen LogP contribution in [0.5, 0.6) is 5.75 Å². The minimum Gasteiger partial charge on any atom is -0.497 e. The SMILES string of the molecule is COc1cccc(C(=O)COC(=O)/C(=C/c2ccccc2)NC(C)=O)c1. The lowest BCUT2D eigenvalue weighted by molar-refractivity contribution is -0.139. The van der Waals surface area contributed by atoms with Crippen LogP contribution in [-0.2, 0) is 14.3 Å². The summed E-state index contributed by atoms with van der Waals surface area (Å²) in [6, 6.07) is 15.5. The van der Waals surface area contributed by atoms with E-state index in [4.69, 9.17) is 9.47 Å². The Morgan fingerprint density at radius 3 is 2.42 bits per heavy atom. The number of hydrogen-bond donors (Lipinski definition) is 1. The van der Waals surface area contributed by atoms with Crippen LogP contribution < -0.4 is 10.1 Å². The number of amides is 1. The van der Waals surface area contributed by atoms with Crippen LogP contribution in [0, 0.1) is 0 Å². The Morgan fingerprint density at radius 1 is 1.04 bits per heavy atom. The summed E-state index contributed by atoms with van der Waals surface area (Å²) in [7, 11) is 1.50. The number of ketones is 1. The maximum Gasteiger partial charge on any atom is 0.355 e. The summed E-state index contributed by atoms with van der Waals surface area (Å²) in [5.74, 6) is -1.05. The molecule has 0 radical (unpaired) electrons. The van der Waals surface area contributed by atoms with Gasteiger partial charge in [-0.25, -0.2) is 4.79 Å². The van der Waals surface area contributed by atoms with Gasteiger partial charge >= 0.3 is 5.97 Å².